The molecule has 0 saturated heterocycles. The molecule has 0 radical (unpaired) electrons. The molecule has 0 unspecified atom stereocenters. The first-order chi connectivity index (χ1) is 23.8. The van der Waals surface area contributed by atoms with Crippen molar-refractivity contribution in [3.05, 3.63) is 168 Å². The lowest BCUT2D eigenvalue weighted by molar-refractivity contribution is 0.669. The van der Waals surface area contributed by atoms with Gasteiger partial charge in [-0.05, 0) is 74.6 Å². The molecule has 0 aliphatic heterocycles. The highest BCUT2D eigenvalue weighted by Gasteiger charge is 2.23. The molecule has 8 aromatic rings. The monoisotopic (exact) mass is 615 g/mol. The Morgan fingerprint density at radius 3 is 2.00 bits per heavy atom. The number of amidine groups is 2. The van der Waals surface area contributed by atoms with Crippen LogP contribution in [0.5, 0.6) is 0 Å². The third kappa shape index (κ3) is 4.57. The van der Waals surface area contributed by atoms with Crippen LogP contribution < -0.4 is 0 Å². The molecule has 0 fully saturated rings. The number of fused-ring (bicyclic) bond motifs is 6. The second-order valence-electron chi connectivity index (χ2n) is 12.0. The highest BCUT2D eigenvalue weighted by atomic mass is 16.3. The zero-order chi connectivity index (χ0) is 32.0. The fraction of sp³-hybridized carbons (Fsp3) is 0.0227. The highest BCUT2D eigenvalue weighted by molar-refractivity contribution is 6.23. The zero-order valence-corrected chi connectivity index (χ0v) is 26.1. The summed E-state index contributed by atoms with van der Waals surface area (Å²) in [5, 5.41) is 4.51. The van der Waals surface area contributed by atoms with E-state index in [4.69, 9.17) is 14.4 Å². The Bertz CT molecular complexity index is 2570. The van der Waals surface area contributed by atoms with Crippen molar-refractivity contribution in [1.82, 2.24) is 0 Å². The number of rotatable bonds is 5. The molecule has 0 spiro atoms. The number of nitrogens with zero attached hydrogens (tertiary/aromatic N) is 3. The minimum absolute atomic E-state index is 0.495. The average Bonchev–Trinajstić information content (AvgIpc) is 3.69. The van der Waals surface area contributed by atoms with Crippen LogP contribution in [0.2, 0.25) is 0 Å². The van der Waals surface area contributed by atoms with Gasteiger partial charge >= 0.3 is 0 Å². The second-order valence-corrected chi connectivity index (χ2v) is 12.0. The van der Waals surface area contributed by atoms with Crippen molar-refractivity contribution < 1.29 is 4.42 Å². The smallest absolute Gasteiger partial charge is 0.161 e. The number of hydrogen-bond donors (Lipinski definition) is 0. The van der Waals surface area contributed by atoms with E-state index < -0.39 is 0 Å². The van der Waals surface area contributed by atoms with E-state index in [0.717, 1.165) is 44.2 Å². The van der Waals surface area contributed by atoms with Crippen molar-refractivity contribution in [2.24, 2.45) is 15.0 Å². The van der Waals surface area contributed by atoms with E-state index in [-0.39, 0.29) is 0 Å². The number of benzene rings is 7. The molecule has 9 rings (SSSR count). The maximum atomic E-state index is 6.52. The third-order valence-electron chi connectivity index (χ3n) is 9.24. The van der Waals surface area contributed by atoms with Gasteiger partial charge in [-0.15, -0.1) is 0 Å². The number of hydrogen-bond acceptors (Lipinski definition) is 2. The number of aliphatic imine (C=N–C) groups is 3. The molecule has 0 amide bonds. The molecule has 0 N–H and O–H groups in total. The molecule has 1 heterocycles. The van der Waals surface area contributed by atoms with Gasteiger partial charge in [0.25, 0.3) is 0 Å². The molecule has 1 aliphatic rings. The van der Waals surface area contributed by atoms with Crippen LogP contribution in [0, 0.1) is 0 Å². The van der Waals surface area contributed by atoms with Crippen LogP contribution in [0.4, 0.5) is 0 Å². The van der Waals surface area contributed by atoms with Crippen molar-refractivity contribution in [2.45, 2.75) is 6.54 Å². The summed E-state index contributed by atoms with van der Waals surface area (Å²) < 4.78 is 6.52. The maximum absolute atomic E-state index is 6.52. The average molecular weight is 616 g/mol. The predicted octanol–water partition coefficient (Wildman–Crippen LogP) is 11.1. The van der Waals surface area contributed by atoms with Crippen molar-refractivity contribution in [3.8, 4) is 33.4 Å². The van der Waals surface area contributed by atoms with E-state index in [9.17, 15) is 0 Å². The Kier molecular flexibility index (Phi) is 6.65. The standard InChI is InChI=1S/C44H29N3O/c1-45-44(47-43(29-14-6-3-7-15-29)46-27-28-12-4-2-5-13-28)38-20-11-21-39-42(38)37-23-22-30(26-40(37)48-39)31-24-25-36-33-17-9-8-16-32(33)35-19-10-18-34(31)41(35)36/h2-26H,1,27H2/b46-43-,47-44-. The van der Waals surface area contributed by atoms with Gasteiger partial charge < -0.3 is 4.42 Å². The highest BCUT2D eigenvalue weighted by Crippen LogP contribution is 2.49. The van der Waals surface area contributed by atoms with Gasteiger partial charge in [-0.25, -0.2) is 9.98 Å². The molecule has 1 aromatic heterocycles. The maximum Gasteiger partial charge on any atom is 0.161 e. The summed E-state index contributed by atoms with van der Waals surface area (Å²) in [6.45, 7) is 4.43. The first kappa shape index (κ1) is 27.9. The van der Waals surface area contributed by atoms with E-state index in [1.54, 1.807) is 0 Å². The first-order valence-electron chi connectivity index (χ1n) is 16.1. The van der Waals surface area contributed by atoms with Gasteiger partial charge in [-0.3, -0.25) is 4.99 Å². The van der Waals surface area contributed by atoms with Crippen LogP contribution in [-0.2, 0) is 6.54 Å². The van der Waals surface area contributed by atoms with E-state index in [1.165, 1.54) is 38.6 Å². The van der Waals surface area contributed by atoms with Crippen LogP contribution in [-0.4, -0.2) is 18.4 Å². The number of furan rings is 1. The molecular weight excluding hydrogens is 587 g/mol. The molecule has 4 heteroatoms. The van der Waals surface area contributed by atoms with Crippen LogP contribution >= 0.6 is 0 Å². The van der Waals surface area contributed by atoms with Crippen LogP contribution in [0.25, 0.3) is 66.1 Å². The van der Waals surface area contributed by atoms with Gasteiger partial charge in [-0.1, -0.05) is 133 Å². The van der Waals surface area contributed by atoms with Gasteiger partial charge in [0, 0.05) is 21.9 Å². The minimum Gasteiger partial charge on any atom is -0.456 e. The topological polar surface area (TPSA) is 50.2 Å². The molecule has 0 atom stereocenters. The largest absolute Gasteiger partial charge is 0.456 e. The summed E-state index contributed by atoms with van der Waals surface area (Å²) in [5.41, 5.74) is 11.9. The fourth-order valence-electron chi connectivity index (χ4n) is 7.05. The molecule has 7 aromatic carbocycles. The zero-order valence-electron chi connectivity index (χ0n) is 26.1. The van der Waals surface area contributed by atoms with E-state index in [0.29, 0.717) is 18.2 Å². The van der Waals surface area contributed by atoms with Gasteiger partial charge in [0.15, 0.2) is 11.7 Å². The van der Waals surface area contributed by atoms with Gasteiger partial charge in [0.1, 0.15) is 11.2 Å². The fourth-order valence-corrected chi connectivity index (χ4v) is 7.05. The van der Waals surface area contributed by atoms with Crippen molar-refractivity contribution >= 4 is 51.1 Å². The molecule has 4 nitrogen and oxygen atoms in total. The third-order valence-corrected chi connectivity index (χ3v) is 9.24. The summed E-state index contributed by atoms with van der Waals surface area (Å²) in [5.74, 6) is 1.10. The minimum atomic E-state index is 0.495. The Labute approximate surface area is 278 Å². The van der Waals surface area contributed by atoms with E-state index in [1.807, 2.05) is 66.7 Å². The Hall–Kier alpha value is -6.39. The molecule has 0 saturated carbocycles. The summed E-state index contributed by atoms with van der Waals surface area (Å²) >= 11 is 0. The second kappa shape index (κ2) is 11.4. The Balaban J connectivity index is 1.16. The summed E-state index contributed by atoms with van der Waals surface area (Å²) in [4.78, 5) is 14.4. The van der Waals surface area contributed by atoms with E-state index in [2.05, 4.69) is 96.6 Å². The predicted molar refractivity (Wildman–Crippen MR) is 200 cm³/mol. The lowest BCUT2D eigenvalue weighted by Gasteiger charge is -2.10. The Morgan fingerprint density at radius 1 is 0.521 bits per heavy atom. The molecule has 48 heavy (non-hydrogen) atoms. The van der Waals surface area contributed by atoms with Crippen molar-refractivity contribution in [1.29, 1.82) is 0 Å². The summed E-state index contributed by atoms with van der Waals surface area (Å²) in [6, 6.07) is 52.5. The van der Waals surface area contributed by atoms with E-state index >= 15 is 0 Å². The quantitative estimate of drug-likeness (QED) is 0.140. The lowest BCUT2D eigenvalue weighted by Crippen LogP contribution is -2.06. The molecule has 0 bridgehead atoms. The van der Waals surface area contributed by atoms with Crippen LogP contribution in [0.1, 0.15) is 16.7 Å². The van der Waals surface area contributed by atoms with Gasteiger partial charge in [0.2, 0.25) is 0 Å². The van der Waals surface area contributed by atoms with Gasteiger partial charge in [0.05, 0.1) is 6.54 Å². The van der Waals surface area contributed by atoms with Crippen molar-refractivity contribution in [3.63, 3.8) is 0 Å². The van der Waals surface area contributed by atoms with Crippen LogP contribution in [0.3, 0.4) is 0 Å². The van der Waals surface area contributed by atoms with Gasteiger partial charge in [-0.2, -0.15) is 0 Å². The SMILES string of the molecule is C=N/C(=N\C(=N/Cc1ccccc1)c1ccccc1)c1cccc2oc3cc(-c4ccc5c6c(cccc46)-c4ccccc4-5)ccc3c12. The Morgan fingerprint density at radius 2 is 1.21 bits per heavy atom. The normalized spacial score (nSPS) is 12.6. The van der Waals surface area contributed by atoms with Crippen molar-refractivity contribution in [2.75, 3.05) is 0 Å². The summed E-state index contributed by atoms with van der Waals surface area (Å²) in [7, 11) is 0. The van der Waals surface area contributed by atoms with Crippen LogP contribution in [0.15, 0.2) is 171 Å². The summed E-state index contributed by atoms with van der Waals surface area (Å²) in [6.07, 6.45) is 0. The molecule has 226 valence electrons. The molecular formula is C44H29N3O. The molecule has 1 aliphatic carbocycles. The lowest BCUT2D eigenvalue weighted by atomic mass is 9.93. The first-order valence-corrected chi connectivity index (χ1v) is 16.1.